The van der Waals surface area contributed by atoms with Crippen LogP contribution in [-0.4, -0.2) is 16.1 Å². The van der Waals surface area contributed by atoms with Crippen molar-refractivity contribution in [3.63, 3.8) is 0 Å². The minimum atomic E-state index is -0.422. The van der Waals surface area contributed by atoms with E-state index in [1.54, 1.807) is 16.9 Å². The van der Waals surface area contributed by atoms with Crippen molar-refractivity contribution in [3.8, 4) is 5.69 Å². The summed E-state index contributed by atoms with van der Waals surface area (Å²) in [6.07, 6.45) is 5.07. The molecule has 0 saturated carbocycles. The first-order chi connectivity index (χ1) is 7.74. The molecule has 2 rings (SSSR count). The molecule has 0 atom stereocenters. The minimum Gasteiger partial charge on any atom is -0.298 e. The van der Waals surface area contributed by atoms with Gasteiger partial charge >= 0.3 is 0 Å². The summed E-state index contributed by atoms with van der Waals surface area (Å²) in [6.45, 7) is 2.02. The summed E-state index contributed by atoms with van der Waals surface area (Å²) < 4.78 is 14.5. The van der Waals surface area contributed by atoms with E-state index in [1.165, 1.54) is 12.1 Å². The molecule has 0 unspecified atom stereocenters. The standard InChI is InChI=1S/C12H11FN2O/c1-2-9-6-14-15(7-9)12-4-3-11(13)5-10(12)8-16/h3-8H,2H2,1H3. The Kier molecular flexibility index (Phi) is 2.81. The third-order valence-electron chi connectivity index (χ3n) is 2.41. The van der Waals surface area contributed by atoms with Crippen molar-refractivity contribution in [2.75, 3.05) is 0 Å². The Balaban J connectivity index is 2.50. The van der Waals surface area contributed by atoms with E-state index in [4.69, 9.17) is 0 Å². The zero-order valence-corrected chi connectivity index (χ0v) is 8.85. The van der Waals surface area contributed by atoms with E-state index in [-0.39, 0.29) is 0 Å². The lowest BCUT2D eigenvalue weighted by molar-refractivity contribution is 0.112. The molecule has 2 aromatic rings. The van der Waals surface area contributed by atoms with Crippen LogP contribution in [0.2, 0.25) is 0 Å². The normalized spacial score (nSPS) is 10.4. The van der Waals surface area contributed by atoms with Crippen molar-refractivity contribution in [1.82, 2.24) is 9.78 Å². The Labute approximate surface area is 92.5 Å². The number of rotatable bonds is 3. The molecule has 0 bridgehead atoms. The number of nitrogens with zero attached hydrogens (tertiary/aromatic N) is 2. The van der Waals surface area contributed by atoms with Crippen LogP contribution in [0.15, 0.2) is 30.6 Å². The smallest absolute Gasteiger partial charge is 0.152 e. The second kappa shape index (κ2) is 4.26. The molecule has 0 spiro atoms. The molecule has 0 aliphatic heterocycles. The van der Waals surface area contributed by atoms with E-state index in [2.05, 4.69) is 5.10 Å². The number of halogens is 1. The fraction of sp³-hybridized carbons (Fsp3) is 0.167. The van der Waals surface area contributed by atoms with Crippen molar-refractivity contribution < 1.29 is 9.18 Å². The van der Waals surface area contributed by atoms with Gasteiger partial charge in [-0.2, -0.15) is 5.10 Å². The van der Waals surface area contributed by atoms with Crippen LogP contribution in [0.3, 0.4) is 0 Å². The molecule has 0 aliphatic carbocycles. The number of aldehydes is 1. The first-order valence-corrected chi connectivity index (χ1v) is 5.03. The number of carbonyl (C=O) groups is 1. The summed E-state index contributed by atoms with van der Waals surface area (Å²) in [4.78, 5) is 10.8. The van der Waals surface area contributed by atoms with Gasteiger partial charge in [-0.1, -0.05) is 6.92 Å². The Morgan fingerprint density at radius 3 is 2.94 bits per heavy atom. The first-order valence-electron chi connectivity index (χ1n) is 5.03. The summed E-state index contributed by atoms with van der Waals surface area (Å²) in [5.74, 6) is -0.422. The zero-order valence-electron chi connectivity index (χ0n) is 8.85. The molecule has 0 saturated heterocycles. The van der Waals surface area contributed by atoms with Crippen LogP contribution in [0.4, 0.5) is 4.39 Å². The van der Waals surface area contributed by atoms with Crippen LogP contribution in [0.5, 0.6) is 0 Å². The third-order valence-corrected chi connectivity index (χ3v) is 2.41. The quantitative estimate of drug-likeness (QED) is 0.741. The van der Waals surface area contributed by atoms with E-state index in [9.17, 15) is 9.18 Å². The maximum Gasteiger partial charge on any atom is 0.152 e. The Bertz CT molecular complexity index is 519. The highest BCUT2D eigenvalue weighted by molar-refractivity contribution is 5.80. The maximum atomic E-state index is 12.9. The average molecular weight is 218 g/mol. The first kappa shape index (κ1) is 10.5. The van der Waals surface area contributed by atoms with Crippen LogP contribution >= 0.6 is 0 Å². The molecular formula is C12H11FN2O. The topological polar surface area (TPSA) is 34.9 Å². The summed E-state index contributed by atoms with van der Waals surface area (Å²) in [6, 6.07) is 4.07. The number of aromatic nitrogens is 2. The molecular weight excluding hydrogens is 207 g/mol. The van der Waals surface area contributed by atoms with Crippen molar-refractivity contribution >= 4 is 6.29 Å². The maximum absolute atomic E-state index is 12.9. The fourth-order valence-electron chi connectivity index (χ4n) is 1.50. The van der Waals surface area contributed by atoms with Gasteiger partial charge in [0.1, 0.15) is 5.82 Å². The molecule has 1 aromatic carbocycles. The van der Waals surface area contributed by atoms with Crippen molar-refractivity contribution in [2.24, 2.45) is 0 Å². The molecule has 4 heteroatoms. The van der Waals surface area contributed by atoms with E-state index in [0.29, 0.717) is 17.5 Å². The Morgan fingerprint density at radius 1 is 1.50 bits per heavy atom. The molecule has 0 amide bonds. The predicted molar refractivity (Wildman–Crippen MR) is 58.3 cm³/mol. The second-order valence-electron chi connectivity index (χ2n) is 3.47. The SMILES string of the molecule is CCc1cnn(-c2ccc(F)cc2C=O)c1. The number of aryl methyl sites for hydroxylation is 1. The lowest BCUT2D eigenvalue weighted by Gasteiger charge is -2.04. The summed E-state index contributed by atoms with van der Waals surface area (Å²) >= 11 is 0. The molecule has 1 aromatic heterocycles. The molecule has 16 heavy (non-hydrogen) atoms. The van der Waals surface area contributed by atoms with E-state index in [1.807, 2.05) is 13.1 Å². The van der Waals surface area contributed by atoms with Gasteiger partial charge in [0.05, 0.1) is 11.9 Å². The van der Waals surface area contributed by atoms with Gasteiger partial charge in [-0.3, -0.25) is 4.79 Å². The molecule has 3 nitrogen and oxygen atoms in total. The third kappa shape index (κ3) is 1.86. The van der Waals surface area contributed by atoms with Gasteiger partial charge in [0, 0.05) is 11.8 Å². The summed E-state index contributed by atoms with van der Waals surface area (Å²) in [5.41, 5.74) is 1.96. The lowest BCUT2D eigenvalue weighted by atomic mass is 10.2. The molecule has 82 valence electrons. The highest BCUT2D eigenvalue weighted by Gasteiger charge is 2.06. The minimum absolute atomic E-state index is 0.297. The van der Waals surface area contributed by atoms with Gasteiger partial charge in [-0.25, -0.2) is 9.07 Å². The number of carbonyl (C=O) groups excluding carboxylic acids is 1. The molecule has 0 aliphatic rings. The predicted octanol–water partition coefficient (Wildman–Crippen LogP) is 2.39. The number of hydrogen-bond acceptors (Lipinski definition) is 2. The van der Waals surface area contributed by atoms with E-state index in [0.717, 1.165) is 12.0 Å². The Hall–Kier alpha value is -1.97. The number of benzene rings is 1. The van der Waals surface area contributed by atoms with Gasteiger partial charge in [0.15, 0.2) is 6.29 Å². The largest absolute Gasteiger partial charge is 0.298 e. The zero-order chi connectivity index (χ0) is 11.5. The van der Waals surface area contributed by atoms with E-state index < -0.39 is 5.82 Å². The molecule has 0 radical (unpaired) electrons. The molecule has 1 heterocycles. The highest BCUT2D eigenvalue weighted by Crippen LogP contribution is 2.14. The van der Waals surface area contributed by atoms with Crippen LogP contribution in [0.1, 0.15) is 22.8 Å². The highest BCUT2D eigenvalue weighted by atomic mass is 19.1. The Morgan fingerprint density at radius 2 is 2.31 bits per heavy atom. The average Bonchev–Trinajstić information content (AvgIpc) is 2.77. The van der Waals surface area contributed by atoms with Gasteiger partial charge in [0.2, 0.25) is 0 Å². The van der Waals surface area contributed by atoms with Crippen molar-refractivity contribution in [1.29, 1.82) is 0 Å². The van der Waals surface area contributed by atoms with Crippen molar-refractivity contribution in [3.05, 3.63) is 47.5 Å². The monoisotopic (exact) mass is 218 g/mol. The van der Waals surface area contributed by atoms with Crippen molar-refractivity contribution in [2.45, 2.75) is 13.3 Å². The van der Waals surface area contributed by atoms with Gasteiger partial charge in [0.25, 0.3) is 0 Å². The van der Waals surface area contributed by atoms with Gasteiger partial charge in [-0.05, 0) is 30.2 Å². The van der Waals surface area contributed by atoms with E-state index >= 15 is 0 Å². The molecule has 0 fully saturated rings. The summed E-state index contributed by atoms with van der Waals surface area (Å²) in [5, 5.41) is 4.13. The van der Waals surface area contributed by atoms with Crippen LogP contribution in [0.25, 0.3) is 5.69 Å². The van der Waals surface area contributed by atoms with Crippen LogP contribution in [-0.2, 0) is 6.42 Å². The second-order valence-corrected chi connectivity index (χ2v) is 3.47. The summed E-state index contributed by atoms with van der Waals surface area (Å²) in [7, 11) is 0. The fourth-order valence-corrected chi connectivity index (χ4v) is 1.50. The van der Waals surface area contributed by atoms with Crippen LogP contribution < -0.4 is 0 Å². The number of hydrogen-bond donors (Lipinski definition) is 0. The van der Waals surface area contributed by atoms with Crippen LogP contribution in [0, 0.1) is 5.82 Å². The van der Waals surface area contributed by atoms with Gasteiger partial charge in [-0.15, -0.1) is 0 Å². The molecule has 0 N–H and O–H groups in total. The lowest BCUT2D eigenvalue weighted by Crippen LogP contribution is -2.00. The van der Waals surface area contributed by atoms with Gasteiger partial charge < -0.3 is 0 Å².